The predicted octanol–water partition coefficient (Wildman–Crippen LogP) is 0.368. The highest BCUT2D eigenvalue weighted by molar-refractivity contribution is 7.98. The number of H-pyrrole nitrogens is 1. The monoisotopic (exact) mass is 535 g/mol. The topological polar surface area (TPSA) is 187 Å². The number of amides is 3. The minimum Gasteiger partial charge on any atom is -0.480 e. The number of hydrogen-bond donors (Lipinski definition) is 7. The van der Waals surface area contributed by atoms with Crippen molar-refractivity contribution >= 4 is 46.4 Å². The molecule has 2 aromatic rings. The van der Waals surface area contributed by atoms with Crippen molar-refractivity contribution < 1.29 is 29.4 Å². The molecule has 1 aromatic heterocycles. The first-order valence-corrected chi connectivity index (χ1v) is 13.6. The average molecular weight is 536 g/mol. The molecular weight excluding hydrogens is 498 g/mol. The molecule has 0 radical (unpaired) electrons. The lowest BCUT2D eigenvalue weighted by Crippen LogP contribution is -2.59. The van der Waals surface area contributed by atoms with E-state index >= 15 is 0 Å². The van der Waals surface area contributed by atoms with Gasteiger partial charge < -0.3 is 36.9 Å². The fourth-order valence-corrected chi connectivity index (χ4v) is 4.29. The lowest BCUT2D eigenvalue weighted by atomic mass is 9.97. The zero-order valence-electron chi connectivity index (χ0n) is 21.3. The number of carbonyl (C=O) groups is 4. The number of nitrogens with two attached hydrogens (primary N) is 1. The van der Waals surface area contributed by atoms with Crippen molar-refractivity contribution in [2.75, 3.05) is 18.6 Å². The molecule has 0 saturated carbocycles. The second kappa shape index (κ2) is 14.6. The molecule has 0 aliphatic carbocycles. The number of benzene rings is 1. The van der Waals surface area contributed by atoms with Gasteiger partial charge in [0, 0.05) is 17.1 Å². The number of para-hydroxylation sites is 1. The molecule has 37 heavy (non-hydrogen) atoms. The minimum atomic E-state index is -1.49. The van der Waals surface area contributed by atoms with E-state index in [0.717, 1.165) is 16.5 Å². The standard InChI is InChI=1S/C25H37N5O6S/c1-4-14(2)21(24(34)29-20(13-31)25(35)36)30-23(33)19(9-10-37-3)28-22(32)17(26)11-15-12-27-18-8-6-5-7-16(15)18/h5-8,12,14,17,19-21,27,31H,4,9-11,13,26H2,1-3H3,(H,28,32)(H,29,34)(H,30,33)(H,35,36). The summed E-state index contributed by atoms with van der Waals surface area (Å²) in [5.41, 5.74) is 8.00. The van der Waals surface area contributed by atoms with Crippen molar-refractivity contribution in [1.29, 1.82) is 0 Å². The lowest BCUT2D eigenvalue weighted by molar-refractivity contribution is -0.143. The summed E-state index contributed by atoms with van der Waals surface area (Å²) >= 11 is 1.50. The van der Waals surface area contributed by atoms with Crippen molar-refractivity contribution in [1.82, 2.24) is 20.9 Å². The maximum atomic E-state index is 13.2. The second-order valence-corrected chi connectivity index (χ2v) is 9.95. The van der Waals surface area contributed by atoms with Gasteiger partial charge in [-0.2, -0.15) is 11.8 Å². The van der Waals surface area contributed by atoms with Gasteiger partial charge in [0.25, 0.3) is 0 Å². The fourth-order valence-electron chi connectivity index (χ4n) is 3.82. The molecule has 0 saturated heterocycles. The number of fused-ring (bicyclic) bond motifs is 1. The molecule has 5 atom stereocenters. The second-order valence-electron chi connectivity index (χ2n) is 8.97. The third-order valence-corrected chi connectivity index (χ3v) is 6.93. The summed E-state index contributed by atoms with van der Waals surface area (Å²) in [6.45, 7) is 2.78. The number of hydrogen-bond acceptors (Lipinski definition) is 7. The Morgan fingerprint density at radius 3 is 2.35 bits per heavy atom. The first-order chi connectivity index (χ1) is 17.6. The van der Waals surface area contributed by atoms with E-state index in [0.29, 0.717) is 18.6 Å². The van der Waals surface area contributed by atoms with Gasteiger partial charge in [0.1, 0.15) is 18.1 Å². The van der Waals surface area contributed by atoms with Gasteiger partial charge in [0.05, 0.1) is 12.6 Å². The minimum absolute atomic E-state index is 0.266. The van der Waals surface area contributed by atoms with Crippen LogP contribution in [0.15, 0.2) is 30.5 Å². The Labute approximate surface area is 220 Å². The third-order valence-electron chi connectivity index (χ3n) is 6.29. The highest BCUT2D eigenvalue weighted by atomic mass is 32.2. The number of nitrogens with one attached hydrogen (secondary N) is 4. The van der Waals surface area contributed by atoms with Crippen LogP contribution in [0.2, 0.25) is 0 Å². The van der Waals surface area contributed by atoms with E-state index in [4.69, 9.17) is 10.8 Å². The van der Waals surface area contributed by atoms with Gasteiger partial charge in [-0.3, -0.25) is 14.4 Å². The summed E-state index contributed by atoms with van der Waals surface area (Å²) in [5, 5.41) is 27.0. The Kier molecular flexibility index (Phi) is 11.9. The summed E-state index contributed by atoms with van der Waals surface area (Å²) < 4.78 is 0. The van der Waals surface area contributed by atoms with Gasteiger partial charge >= 0.3 is 5.97 Å². The molecule has 12 heteroatoms. The molecule has 3 amide bonds. The number of aliphatic carboxylic acids is 1. The van der Waals surface area contributed by atoms with Crippen LogP contribution in [0.3, 0.4) is 0 Å². The zero-order chi connectivity index (χ0) is 27.5. The van der Waals surface area contributed by atoms with Crippen molar-refractivity contribution in [3.05, 3.63) is 36.0 Å². The number of carboxylic acids is 1. The van der Waals surface area contributed by atoms with Crippen LogP contribution in [-0.4, -0.2) is 81.7 Å². The van der Waals surface area contributed by atoms with Gasteiger partial charge in [-0.05, 0) is 42.4 Å². The number of carboxylic acid groups (broad SMARTS) is 1. The highest BCUT2D eigenvalue weighted by Crippen LogP contribution is 2.19. The zero-order valence-corrected chi connectivity index (χ0v) is 22.1. The number of aliphatic hydroxyl groups excluding tert-OH is 1. The van der Waals surface area contributed by atoms with Crippen LogP contribution in [0.25, 0.3) is 10.9 Å². The van der Waals surface area contributed by atoms with E-state index in [-0.39, 0.29) is 12.3 Å². The molecule has 11 nitrogen and oxygen atoms in total. The van der Waals surface area contributed by atoms with Crippen molar-refractivity contribution in [3.8, 4) is 0 Å². The van der Waals surface area contributed by atoms with Crippen LogP contribution in [0.4, 0.5) is 0 Å². The Morgan fingerprint density at radius 2 is 1.73 bits per heavy atom. The smallest absolute Gasteiger partial charge is 0.328 e. The Bertz CT molecular complexity index is 1080. The first kappa shape index (κ1) is 30.1. The largest absolute Gasteiger partial charge is 0.480 e. The molecular formula is C25H37N5O6S. The molecule has 2 rings (SSSR count). The Balaban J connectivity index is 2.12. The van der Waals surface area contributed by atoms with E-state index in [1.165, 1.54) is 11.8 Å². The van der Waals surface area contributed by atoms with E-state index < -0.39 is 54.5 Å². The van der Waals surface area contributed by atoms with Crippen molar-refractivity contribution in [2.24, 2.45) is 11.7 Å². The summed E-state index contributed by atoms with van der Waals surface area (Å²) in [4.78, 5) is 53.3. The van der Waals surface area contributed by atoms with Crippen molar-refractivity contribution in [2.45, 2.75) is 57.3 Å². The summed E-state index contributed by atoms with van der Waals surface area (Å²) in [7, 11) is 0. The molecule has 0 spiro atoms. The Hall–Kier alpha value is -3.09. The predicted molar refractivity (Wildman–Crippen MR) is 143 cm³/mol. The number of carbonyl (C=O) groups excluding carboxylic acids is 3. The number of aliphatic hydroxyl groups is 1. The fraction of sp³-hybridized carbons (Fsp3) is 0.520. The van der Waals surface area contributed by atoms with Crippen LogP contribution in [0, 0.1) is 5.92 Å². The third kappa shape index (κ3) is 8.48. The summed E-state index contributed by atoms with van der Waals surface area (Å²) in [6, 6.07) is 3.27. The molecule has 0 aliphatic heterocycles. The van der Waals surface area contributed by atoms with Gasteiger partial charge in [-0.25, -0.2) is 4.79 Å². The normalized spacial score (nSPS) is 15.3. The number of rotatable bonds is 15. The Morgan fingerprint density at radius 1 is 1.05 bits per heavy atom. The van der Waals surface area contributed by atoms with Crippen LogP contribution in [-0.2, 0) is 25.6 Å². The van der Waals surface area contributed by atoms with Crippen LogP contribution >= 0.6 is 11.8 Å². The SMILES string of the molecule is CCC(C)C(NC(=O)C(CCSC)NC(=O)C(N)Cc1c[nH]c2ccccc12)C(=O)NC(CO)C(=O)O. The molecule has 0 bridgehead atoms. The summed E-state index contributed by atoms with van der Waals surface area (Å²) in [6.07, 6.45) is 4.77. The molecule has 0 fully saturated rings. The number of aromatic nitrogens is 1. The van der Waals surface area contributed by atoms with E-state index in [1.54, 1.807) is 6.92 Å². The maximum absolute atomic E-state index is 13.2. The van der Waals surface area contributed by atoms with Gasteiger partial charge in [0.2, 0.25) is 17.7 Å². The molecule has 8 N–H and O–H groups in total. The van der Waals surface area contributed by atoms with Crippen LogP contribution in [0.5, 0.6) is 0 Å². The first-order valence-electron chi connectivity index (χ1n) is 12.2. The van der Waals surface area contributed by atoms with Gasteiger partial charge in [-0.1, -0.05) is 38.5 Å². The molecule has 1 aromatic carbocycles. The van der Waals surface area contributed by atoms with Crippen LogP contribution in [0.1, 0.15) is 32.3 Å². The van der Waals surface area contributed by atoms with E-state index in [2.05, 4.69) is 20.9 Å². The van der Waals surface area contributed by atoms with E-state index in [1.807, 2.05) is 43.6 Å². The van der Waals surface area contributed by atoms with Crippen molar-refractivity contribution in [3.63, 3.8) is 0 Å². The average Bonchev–Trinajstić information content (AvgIpc) is 3.29. The number of thioether (sulfide) groups is 1. The van der Waals surface area contributed by atoms with Gasteiger partial charge in [-0.15, -0.1) is 0 Å². The molecule has 204 valence electrons. The number of aromatic amines is 1. The van der Waals surface area contributed by atoms with Crippen LogP contribution < -0.4 is 21.7 Å². The molecule has 0 aliphatic rings. The highest BCUT2D eigenvalue weighted by Gasteiger charge is 2.32. The lowest BCUT2D eigenvalue weighted by Gasteiger charge is -2.28. The quantitative estimate of drug-likeness (QED) is 0.170. The van der Waals surface area contributed by atoms with Gasteiger partial charge in [0.15, 0.2) is 0 Å². The molecule has 5 unspecified atom stereocenters. The molecule has 1 heterocycles. The maximum Gasteiger partial charge on any atom is 0.328 e. The summed E-state index contributed by atoms with van der Waals surface area (Å²) in [5.74, 6) is -2.95. The van der Waals surface area contributed by atoms with E-state index in [9.17, 15) is 24.3 Å².